The Labute approximate surface area is 126 Å². The summed E-state index contributed by atoms with van der Waals surface area (Å²) in [5.74, 6) is 0.436. The third-order valence-electron chi connectivity index (χ3n) is 3.69. The zero-order chi connectivity index (χ0) is 15.9. The second kappa shape index (κ2) is 5.24. The number of aromatic nitrogens is 2. The molecule has 2 N–H and O–H groups in total. The van der Waals surface area contributed by atoms with Crippen LogP contribution in [0.4, 0.5) is 4.53 Å². The van der Waals surface area contributed by atoms with Gasteiger partial charge in [-0.15, -0.1) is 0 Å². The Bertz CT molecular complexity index is 722. The Balaban J connectivity index is 2.00. The molecule has 1 fully saturated rings. The van der Waals surface area contributed by atoms with Gasteiger partial charge in [-0.25, -0.2) is 4.52 Å². The number of hydrogen-bond donors (Lipinski definition) is 1. The monoisotopic (exact) mass is 307 g/mol. The van der Waals surface area contributed by atoms with Gasteiger partial charge in [0.1, 0.15) is 18.0 Å². The standard InChI is InChI=1S/C15H18FN3O3/c1-15(2,22-16)8-21-12-6-5-11-10(14(17)20)7-18-19(11)13(12)9-3-4-9/h5-7,9H,3-4,8H2,1-2H3,(H2,17,20). The lowest BCUT2D eigenvalue weighted by molar-refractivity contribution is -0.230. The van der Waals surface area contributed by atoms with Crippen LogP contribution in [0.25, 0.3) is 5.52 Å². The van der Waals surface area contributed by atoms with Crippen LogP contribution in [-0.4, -0.2) is 27.7 Å². The summed E-state index contributed by atoms with van der Waals surface area (Å²) in [6, 6.07) is 3.50. The molecule has 3 rings (SSSR count). The van der Waals surface area contributed by atoms with E-state index in [2.05, 4.69) is 10.0 Å². The molecule has 1 amide bonds. The van der Waals surface area contributed by atoms with Crippen LogP contribution in [-0.2, 0) is 4.94 Å². The lowest BCUT2D eigenvalue weighted by Gasteiger charge is -2.21. The van der Waals surface area contributed by atoms with E-state index in [-0.39, 0.29) is 6.61 Å². The number of carbonyl (C=O) groups excluding carboxylic acids is 1. The number of nitrogens with zero attached hydrogens (tertiary/aromatic N) is 2. The molecule has 2 aromatic heterocycles. The molecule has 0 aliphatic heterocycles. The number of fused-ring (bicyclic) bond motifs is 1. The number of primary amides is 1. The average molecular weight is 307 g/mol. The van der Waals surface area contributed by atoms with Crippen molar-refractivity contribution in [1.29, 1.82) is 0 Å². The van der Waals surface area contributed by atoms with Crippen molar-refractivity contribution in [3.8, 4) is 5.75 Å². The first kappa shape index (κ1) is 14.8. The van der Waals surface area contributed by atoms with Crippen molar-refractivity contribution in [2.24, 2.45) is 5.73 Å². The zero-order valence-corrected chi connectivity index (χ0v) is 12.5. The zero-order valence-electron chi connectivity index (χ0n) is 12.5. The second-order valence-corrected chi connectivity index (χ2v) is 6.20. The Morgan fingerprint density at radius 2 is 2.23 bits per heavy atom. The summed E-state index contributed by atoms with van der Waals surface area (Å²) >= 11 is 0. The van der Waals surface area contributed by atoms with Gasteiger partial charge >= 0.3 is 0 Å². The van der Waals surface area contributed by atoms with E-state index in [9.17, 15) is 9.32 Å². The molecule has 1 saturated carbocycles. The molecular weight excluding hydrogens is 289 g/mol. The highest BCUT2D eigenvalue weighted by Gasteiger charge is 2.32. The van der Waals surface area contributed by atoms with E-state index in [1.807, 2.05) is 0 Å². The summed E-state index contributed by atoms with van der Waals surface area (Å²) in [5.41, 5.74) is 6.25. The largest absolute Gasteiger partial charge is 0.489 e. The Kier molecular flexibility index (Phi) is 3.52. The van der Waals surface area contributed by atoms with Gasteiger partial charge in [0, 0.05) is 5.92 Å². The predicted molar refractivity (Wildman–Crippen MR) is 77.5 cm³/mol. The summed E-state index contributed by atoms with van der Waals surface area (Å²) in [4.78, 5) is 15.3. The average Bonchev–Trinajstić information content (AvgIpc) is 3.22. The van der Waals surface area contributed by atoms with E-state index in [0.717, 1.165) is 18.5 Å². The van der Waals surface area contributed by atoms with Crippen molar-refractivity contribution >= 4 is 11.4 Å². The lowest BCUT2D eigenvalue weighted by Crippen LogP contribution is -2.29. The molecule has 0 spiro atoms. The Morgan fingerprint density at radius 1 is 1.50 bits per heavy atom. The number of ether oxygens (including phenoxy) is 1. The fourth-order valence-corrected chi connectivity index (χ4v) is 2.37. The second-order valence-electron chi connectivity index (χ2n) is 6.20. The Hall–Kier alpha value is -2.15. The molecule has 0 unspecified atom stereocenters. The summed E-state index contributed by atoms with van der Waals surface area (Å²) in [6.07, 6.45) is 3.52. The number of halogens is 1. The Morgan fingerprint density at radius 3 is 2.82 bits per heavy atom. The maximum atomic E-state index is 12.4. The van der Waals surface area contributed by atoms with Crippen LogP contribution in [0.3, 0.4) is 0 Å². The smallest absolute Gasteiger partial charge is 0.252 e. The fraction of sp³-hybridized carbons (Fsp3) is 0.467. The third-order valence-corrected chi connectivity index (χ3v) is 3.69. The number of pyridine rings is 1. The third kappa shape index (κ3) is 2.64. The van der Waals surface area contributed by atoms with Crippen LogP contribution in [0.2, 0.25) is 0 Å². The molecule has 0 radical (unpaired) electrons. The molecule has 0 bridgehead atoms. The number of rotatable bonds is 6. The van der Waals surface area contributed by atoms with Crippen LogP contribution in [0.15, 0.2) is 18.3 Å². The highest BCUT2D eigenvalue weighted by Crippen LogP contribution is 2.44. The van der Waals surface area contributed by atoms with E-state index >= 15 is 0 Å². The fourth-order valence-electron chi connectivity index (χ4n) is 2.37. The molecule has 1 aliphatic carbocycles. The van der Waals surface area contributed by atoms with Crippen molar-refractivity contribution in [2.75, 3.05) is 6.61 Å². The molecule has 0 saturated heterocycles. The first-order valence-corrected chi connectivity index (χ1v) is 7.16. The topological polar surface area (TPSA) is 78.9 Å². The minimum Gasteiger partial charge on any atom is -0.489 e. The minimum absolute atomic E-state index is 0.0681. The van der Waals surface area contributed by atoms with Gasteiger partial charge in [0.25, 0.3) is 5.91 Å². The number of hydrogen-bond acceptors (Lipinski definition) is 4. The van der Waals surface area contributed by atoms with Gasteiger partial charge in [0.05, 0.1) is 23.0 Å². The van der Waals surface area contributed by atoms with Crippen molar-refractivity contribution in [3.05, 3.63) is 29.6 Å². The maximum absolute atomic E-state index is 12.4. The van der Waals surface area contributed by atoms with Crippen LogP contribution < -0.4 is 10.5 Å². The van der Waals surface area contributed by atoms with Gasteiger partial charge in [-0.2, -0.15) is 10.0 Å². The van der Waals surface area contributed by atoms with E-state index in [4.69, 9.17) is 10.5 Å². The van der Waals surface area contributed by atoms with Gasteiger partial charge in [0.15, 0.2) is 0 Å². The van der Waals surface area contributed by atoms with Crippen LogP contribution in [0.5, 0.6) is 5.75 Å². The lowest BCUT2D eigenvalue weighted by atomic mass is 10.1. The van der Waals surface area contributed by atoms with Gasteiger partial charge in [-0.1, -0.05) is 0 Å². The molecule has 1 aliphatic rings. The van der Waals surface area contributed by atoms with Crippen molar-refractivity contribution in [3.63, 3.8) is 0 Å². The quantitative estimate of drug-likeness (QED) is 0.888. The maximum Gasteiger partial charge on any atom is 0.252 e. The molecule has 0 aromatic carbocycles. The van der Waals surface area contributed by atoms with E-state index < -0.39 is 11.5 Å². The SMILES string of the molecule is CC(C)(COc1ccc2c(C(N)=O)cnn2c1C1CC1)OF. The van der Waals surface area contributed by atoms with Gasteiger partial charge in [0.2, 0.25) is 0 Å². The number of nitrogens with two attached hydrogens (primary N) is 1. The van der Waals surface area contributed by atoms with Gasteiger partial charge in [-0.3, -0.25) is 4.79 Å². The van der Waals surface area contributed by atoms with Crippen LogP contribution >= 0.6 is 0 Å². The molecule has 6 nitrogen and oxygen atoms in total. The first-order chi connectivity index (χ1) is 10.4. The van der Waals surface area contributed by atoms with Gasteiger partial charge in [-0.05, 0) is 43.3 Å². The molecular formula is C15H18FN3O3. The van der Waals surface area contributed by atoms with Crippen LogP contribution in [0, 0.1) is 0 Å². The molecule has 0 atom stereocenters. The highest BCUT2D eigenvalue weighted by molar-refractivity contribution is 5.99. The minimum atomic E-state index is -1.03. The van der Waals surface area contributed by atoms with Crippen molar-refractivity contribution in [2.45, 2.75) is 38.2 Å². The molecule has 118 valence electrons. The summed E-state index contributed by atoms with van der Waals surface area (Å²) < 4.78 is 19.9. The number of carbonyl (C=O) groups is 1. The molecule has 7 heteroatoms. The molecule has 2 aromatic rings. The predicted octanol–water partition coefficient (Wildman–Crippen LogP) is 2.37. The molecule has 22 heavy (non-hydrogen) atoms. The first-order valence-electron chi connectivity index (χ1n) is 7.16. The van der Waals surface area contributed by atoms with E-state index in [0.29, 0.717) is 22.7 Å². The van der Waals surface area contributed by atoms with Gasteiger partial charge < -0.3 is 10.5 Å². The normalized spacial score (nSPS) is 15.2. The van der Waals surface area contributed by atoms with E-state index in [1.165, 1.54) is 6.20 Å². The summed E-state index contributed by atoms with van der Waals surface area (Å²) in [6.45, 7) is 3.27. The number of amides is 1. The summed E-state index contributed by atoms with van der Waals surface area (Å²) in [5, 5.41) is 4.26. The van der Waals surface area contributed by atoms with Crippen LogP contribution in [0.1, 0.15) is 48.7 Å². The highest BCUT2D eigenvalue weighted by atomic mass is 19.3. The molecule has 2 heterocycles. The summed E-state index contributed by atoms with van der Waals surface area (Å²) in [7, 11) is 0. The van der Waals surface area contributed by atoms with E-state index in [1.54, 1.807) is 30.5 Å². The van der Waals surface area contributed by atoms with Crippen molar-refractivity contribution < 1.29 is 19.0 Å². The van der Waals surface area contributed by atoms with Crippen molar-refractivity contribution in [1.82, 2.24) is 9.61 Å².